The molecule has 0 aliphatic heterocycles. The maximum atomic E-state index is 13.5. The Morgan fingerprint density at radius 1 is 1.09 bits per heavy atom. The first kappa shape index (κ1) is 24.2. The van der Waals surface area contributed by atoms with Gasteiger partial charge < -0.3 is 14.6 Å². The summed E-state index contributed by atoms with van der Waals surface area (Å²) in [5, 5.41) is 7.53. The van der Waals surface area contributed by atoms with Crippen molar-refractivity contribution < 1.29 is 18.8 Å². The zero-order valence-corrected chi connectivity index (χ0v) is 21.8. The Bertz CT molecular complexity index is 876. The van der Waals surface area contributed by atoms with Crippen LogP contribution in [0.5, 0.6) is 5.88 Å². The highest BCUT2D eigenvalue weighted by Gasteiger charge is 2.49. The summed E-state index contributed by atoms with van der Waals surface area (Å²) in [4.78, 5) is 26.5. The van der Waals surface area contributed by atoms with Gasteiger partial charge >= 0.3 is 0 Å². The third kappa shape index (κ3) is 4.91. The molecule has 7 heteroatoms. The summed E-state index contributed by atoms with van der Waals surface area (Å²) >= 11 is 1.63. The second kappa shape index (κ2) is 9.87. The largest absolute Gasteiger partial charge is 0.474 e. The van der Waals surface area contributed by atoms with E-state index in [1.165, 1.54) is 57.8 Å². The maximum absolute atomic E-state index is 13.5. The van der Waals surface area contributed by atoms with Gasteiger partial charge in [-0.1, -0.05) is 19.8 Å². The van der Waals surface area contributed by atoms with Gasteiger partial charge in [-0.25, -0.2) is 0 Å². The van der Waals surface area contributed by atoms with Crippen molar-refractivity contribution >= 4 is 23.5 Å². The minimum atomic E-state index is -0.607. The molecule has 0 unspecified atom stereocenters. The number of thioether (sulfide) groups is 1. The number of Topliss-reactive ketones (excluding diaryl/α,β-unsaturated/α-hetero) is 1. The molecule has 0 spiro atoms. The highest BCUT2D eigenvalue weighted by molar-refractivity contribution is 7.99. The number of hydrogen-bond acceptors (Lipinski definition) is 6. The quantitative estimate of drug-likeness (QED) is 0.413. The SMILES string of the molecule is CCC(=O)C(C)(C)COc1noc(C(=O)NC2C3CC4CC(C3)CC2C4)c1SCC1CCCC1. The van der Waals surface area contributed by atoms with E-state index in [1.54, 1.807) is 11.8 Å². The van der Waals surface area contributed by atoms with Crippen LogP contribution in [-0.2, 0) is 4.79 Å². The van der Waals surface area contributed by atoms with Gasteiger partial charge in [0, 0.05) is 18.2 Å². The van der Waals surface area contributed by atoms with E-state index in [-0.39, 0.29) is 30.1 Å². The van der Waals surface area contributed by atoms with E-state index in [0.717, 1.165) is 17.6 Å². The van der Waals surface area contributed by atoms with E-state index in [9.17, 15) is 9.59 Å². The number of nitrogens with zero attached hydrogens (tertiary/aromatic N) is 1. The van der Waals surface area contributed by atoms with Crippen LogP contribution in [0.15, 0.2) is 9.42 Å². The van der Waals surface area contributed by atoms with Crippen LogP contribution in [0.3, 0.4) is 0 Å². The first-order valence-corrected chi connectivity index (χ1v) is 14.4. The fourth-order valence-electron chi connectivity index (χ4n) is 7.19. The third-order valence-corrected chi connectivity index (χ3v) is 10.2. The van der Waals surface area contributed by atoms with Gasteiger partial charge in [0.25, 0.3) is 11.8 Å². The van der Waals surface area contributed by atoms with Gasteiger partial charge in [-0.3, -0.25) is 9.59 Å². The lowest BCUT2D eigenvalue weighted by molar-refractivity contribution is -0.128. The molecule has 34 heavy (non-hydrogen) atoms. The smallest absolute Gasteiger partial charge is 0.291 e. The Kier molecular flexibility index (Phi) is 7.02. The van der Waals surface area contributed by atoms with Gasteiger partial charge in [-0.05, 0) is 93.5 Å². The molecule has 0 aromatic carbocycles. The zero-order chi connectivity index (χ0) is 23.9. The molecule has 0 radical (unpaired) electrons. The van der Waals surface area contributed by atoms with Crippen molar-refractivity contribution in [1.82, 2.24) is 10.5 Å². The van der Waals surface area contributed by atoms with E-state index < -0.39 is 5.41 Å². The van der Waals surface area contributed by atoms with Gasteiger partial charge in [0.1, 0.15) is 17.3 Å². The summed E-state index contributed by atoms with van der Waals surface area (Å²) in [6, 6.07) is 0.253. The van der Waals surface area contributed by atoms with Crippen molar-refractivity contribution in [3.8, 4) is 5.88 Å². The molecule has 1 aromatic heterocycles. The lowest BCUT2D eigenvalue weighted by atomic mass is 9.54. The van der Waals surface area contributed by atoms with Gasteiger partial charge in [0.05, 0.1) is 5.41 Å². The molecule has 6 nitrogen and oxygen atoms in total. The van der Waals surface area contributed by atoms with Gasteiger partial charge in [-0.15, -0.1) is 11.8 Å². The van der Waals surface area contributed by atoms with Crippen LogP contribution in [0, 0.1) is 35.0 Å². The van der Waals surface area contributed by atoms with Gasteiger partial charge in [0.15, 0.2) is 0 Å². The third-order valence-electron chi connectivity index (χ3n) is 8.93. The average molecular weight is 489 g/mol. The monoisotopic (exact) mass is 488 g/mol. The molecular weight excluding hydrogens is 448 g/mol. The molecule has 1 aromatic rings. The van der Waals surface area contributed by atoms with E-state index in [1.807, 2.05) is 20.8 Å². The summed E-state index contributed by atoms with van der Waals surface area (Å²) in [6.07, 6.45) is 11.9. The van der Waals surface area contributed by atoms with Gasteiger partial charge in [0.2, 0.25) is 5.76 Å². The summed E-state index contributed by atoms with van der Waals surface area (Å²) in [7, 11) is 0. The van der Waals surface area contributed by atoms with Gasteiger partial charge in [-0.2, -0.15) is 0 Å². The molecule has 5 saturated carbocycles. The van der Waals surface area contributed by atoms with E-state index in [2.05, 4.69) is 10.5 Å². The molecule has 6 rings (SSSR count). The maximum Gasteiger partial charge on any atom is 0.291 e. The standard InChI is InChI=1S/C27H40N2O4S/c1-4-21(30)27(2,3)15-32-26-24(34-14-16-7-5-6-8-16)23(33-29-26)25(31)28-22-19-10-17-9-18(12-19)13-20(22)11-17/h16-20,22H,4-15H2,1-3H3,(H,28,31). The first-order chi connectivity index (χ1) is 16.3. The summed E-state index contributed by atoms with van der Waals surface area (Å²) < 4.78 is 11.7. The zero-order valence-electron chi connectivity index (χ0n) is 20.9. The molecule has 5 fully saturated rings. The Balaban J connectivity index is 1.31. The Morgan fingerprint density at radius 3 is 2.35 bits per heavy atom. The van der Waals surface area contributed by atoms with Crippen LogP contribution in [0.25, 0.3) is 0 Å². The van der Waals surface area contributed by atoms with Crippen molar-refractivity contribution in [3.05, 3.63) is 5.76 Å². The second-order valence-electron chi connectivity index (χ2n) is 12.0. The molecule has 1 heterocycles. The number of aromatic nitrogens is 1. The number of ether oxygens (including phenoxy) is 1. The second-order valence-corrected chi connectivity index (χ2v) is 13.0. The number of carbonyl (C=O) groups excluding carboxylic acids is 2. The van der Waals surface area contributed by atoms with Crippen molar-refractivity contribution in [2.45, 2.75) is 95.9 Å². The van der Waals surface area contributed by atoms with Crippen molar-refractivity contribution in [2.75, 3.05) is 12.4 Å². The molecule has 5 aliphatic carbocycles. The van der Waals surface area contributed by atoms with E-state index >= 15 is 0 Å². The Labute approximate surface area is 207 Å². The molecule has 1 N–H and O–H groups in total. The molecule has 0 atom stereocenters. The van der Waals surface area contributed by atoms with E-state index in [4.69, 9.17) is 9.26 Å². The molecule has 5 aliphatic rings. The number of hydrogen-bond donors (Lipinski definition) is 1. The van der Waals surface area contributed by atoms with E-state index in [0.29, 0.717) is 35.0 Å². The lowest BCUT2D eigenvalue weighted by Gasteiger charge is -2.54. The van der Waals surface area contributed by atoms with Crippen molar-refractivity contribution in [2.24, 2.45) is 35.0 Å². The highest BCUT2D eigenvalue weighted by atomic mass is 32.2. The molecule has 188 valence electrons. The summed E-state index contributed by atoms with van der Waals surface area (Å²) in [5.74, 6) is 5.18. The Hall–Kier alpha value is -1.50. The van der Waals surface area contributed by atoms with Crippen LogP contribution < -0.4 is 10.1 Å². The number of carbonyl (C=O) groups is 2. The lowest BCUT2D eigenvalue weighted by Crippen LogP contribution is -2.55. The van der Waals surface area contributed by atoms with Crippen LogP contribution >= 0.6 is 11.8 Å². The predicted molar refractivity (Wildman–Crippen MR) is 132 cm³/mol. The predicted octanol–water partition coefficient (Wildman–Crippen LogP) is 5.90. The van der Waals surface area contributed by atoms with Crippen LogP contribution in [0.4, 0.5) is 0 Å². The minimum Gasteiger partial charge on any atom is -0.474 e. The Morgan fingerprint density at radius 2 is 1.74 bits per heavy atom. The average Bonchev–Trinajstić information content (AvgIpc) is 3.47. The van der Waals surface area contributed by atoms with Crippen LogP contribution in [0.1, 0.15) is 95.5 Å². The molecule has 4 bridgehead atoms. The summed E-state index contributed by atoms with van der Waals surface area (Å²) in [5.41, 5.74) is -0.607. The number of amides is 1. The fraction of sp³-hybridized carbons (Fsp3) is 0.815. The fourth-order valence-corrected chi connectivity index (χ4v) is 8.41. The van der Waals surface area contributed by atoms with Crippen LogP contribution in [-0.4, -0.2) is 35.2 Å². The minimum absolute atomic E-state index is 0.149. The number of rotatable bonds is 10. The number of nitrogens with one attached hydrogen (secondary N) is 1. The highest BCUT2D eigenvalue weighted by Crippen LogP contribution is 2.53. The summed E-state index contributed by atoms with van der Waals surface area (Å²) in [6.45, 7) is 5.88. The normalized spacial score (nSPS) is 30.6. The molecular formula is C27H40N2O4S. The van der Waals surface area contributed by atoms with Crippen molar-refractivity contribution in [3.63, 3.8) is 0 Å². The first-order valence-electron chi connectivity index (χ1n) is 13.4. The topological polar surface area (TPSA) is 81.4 Å². The van der Waals surface area contributed by atoms with Crippen LogP contribution in [0.2, 0.25) is 0 Å². The molecule has 0 saturated heterocycles. The number of ketones is 1. The molecule has 1 amide bonds. The van der Waals surface area contributed by atoms with Crippen molar-refractivity contribution in [1.29, 1.82) is 0 Å².